The lowest BCUT2D eigenvalue weighted by molar-refractivity contribution is -0.114. The van der Waals surface area contributed by atoms with E-state index in [4.69, 9.17) is 26.2 Å². The molecule has 0 saturated heterocycles. The van der Waals surface area contributed by atoms with Gasteiger partial charge in [-0.1, -0.05) is 41.9 Å². The minimum absolute atomic E-state index is 0.177. The van der Waals surface area contributed by atoms with E-state index in [1.165, 1.54) is 17.1 Å². The Bertz CT molecular complexity index is 1320. The molecule has 1 aliphatic rings. The standard InChI is InChI=1S/C27H23ClN2O5/c1-3-34-24-15-19(13-22-17(2)29-30(26(22)31)21-7-5-4-6-8-21)14-23(28)25(24)35-16-18-9-11-20(12-10-18)27(32)33/h4-15H,3,16H2,1-2H3,(H,32,33)/b22-13+. The van der Waals surface area contributed by atoms with Gasteiger partial charge in [-0.2, -0.15) is 10.1 Å². The Hall–Kier alpha value is -4.10. The minimum Gasteiger partial charge on any atom is -0.490 e. The van der Waals surface area contributed by atoms with Gasteiger partial charge < -0.3 is 14.6 Å². The molecule has 8 heteroatoms. The molecule has 1 heterocycles. The van der Waals surface area contributed by atoms with Gasteiger partial charge in [-0.3, -0.25) is 4.79 Å². The zero-order valence-electron chi connectivity index (χ0n) is 19.2. The number of carboxylic acids is 1. The fourth-order valence-corrected chi connectivity index (χ4v) is 3.84. The SMILES string of the molecule is CCOc1cc(/C=C2/C(=O)N(c3ccccc3)N=C2C)cc(Cl)c1OCc1ccc(C(=O)O)cc1. The van der Waals surface area contributed by atoms with Crippen LogP contribution >= 0.6 is 11.6 Å². The van der Waals surface area contributed by atoms with Crippen LogP contribution in [0.2, 0.25) is 5.02 Å². The number of para-hydroxylation sites is 1. The van der Waals surface area contributed by atoms with Gasteiger partial charge in [0.15, 0.2) is 11.5 Å². The molecule has 1 N–H and O–H groups in total. The van der Waals surface area contributed by atoms with Crippen molar-refractivity contribution >= 4 is 41.0 Å². The van der Waals surface area contributed by atoms with Crippen LogP contribution in [-0.4, -0.2) is 29.3 Å². The summed E-state index contributed by atoms with van der Waals surface area (Å²) >= 11 is 6.55. The first-order chi connectivity index (χ1) is 16.9. The van der Waals surface area contributed by atoms with E-state index in [1.807, 2.05) is 37.3 Å². The lowest BCUT2D eigenvalue weighted by atomic mass is 10.1. The van der Waals surface area contributed by atoms with Gasteiger partial charge in [0.2, 0.25) is 0 Å². The summed E-state index contributed by atoms with van der Waals surface area (Å²) in [6, 6.07) is 19.1. The predicted octanol–water partition coefficient (Wildman–Crippen LogP) is 5.82. The van der Waals surface area contributed by atoms with E-state index in [0.29, 0.717) is 45.7 Å². The number of halogens is 1. The number of carbonyl (C=O) groups excluding carboxylic acids is 1. The number of hydrogen-bond donors (Lipinski definition) is 1. The van der Waals surface area contributed by atoms with Crippen molar-refractivity contribution < 1.29 is 24.2 Å². The van der Waals surface area contributed by atoms with Gasteiger partial charge in [0.25, 0.3) is 5.91 Å². The Balaban J connectivity index is 1.58. The normalized spacial score (nSPS) is 14.3. The summed E-state index contributed by atoms with van der Waals surface area (Å²) in [5, 5.41) is 15.1. The van der Waals surface area contributed by atoms with Crippen LogP contribution in [0.25, 0.3) is 6.08 Å². The molecule has 0 fully saturated rings. The highest BCUT2D eigenvalue weighted by Crippen LogP contribution is 2.38. The minimum atomic E-state index is -0.989. The summed E-state index contributed by atoms with van der Waals surface area (Å²) in [5.41, 5.74) is 3.39. The van der Waals surface area contributed by atoms with Gasteiger partial charge in [0.05, 0.1) is 34.2 Å². The summed E-state index contributed by atoms with van der Waals surface area (Å²) in [4.78, 5) is 24.1. The quantitative estimate of drug-likeness (QED) is 0.402. The Kier molecular flexibility index (Phi) is 7.17. The van der Waals surface area contributed by atoms with Gasteiger partial charge in [-0.25, -0.2) is 4.79 Å². The van der Waals surface area contributed by atoms with Crippen LogP contribution in [0, 0.1) is 0 Å². The third-order valence-electron chi connectivity index (χ3n) is 5.29. The average molecular weight is 491 g/mol. The first-order valence-electron chi connectivity index (χ1n) is 11.0. The molecular formula is C27H23ClN2O5. The van der Waals surface area contributed by atoms with Crippen LogP contribution in [0.1, 0.15) is 35.3 Å². The highest BCUT2D eigenvalue weighted by atomic mass is 35.5. The Morgan fingerprint density at radius 2 is 1.80 bits per heavy atom. The molecule has 4 rings (SSSR count). The smallest absolute Gasteiger partial charge is 0.335 e. The number of rotatable bonds is 8. The monoisotopic (exact) mass is 490 g/mol. The molecule has 3 aromatic carbocycles. The highest BCUT2D eigenvalue weighted by Gasteiger charge is 2.28. The molecular weight excluding hydrogens is 468 g/mol. The number of benzene rings is 3. The first-order valence-corrected chi connectivity index (χ1v) is 11.3. The van der Waals surface area contributed by atoms with Crippen LogP contribution in [0.4, 0.5) is 5.69 Å². The van der Waals surface area contributed by atoms with Gasteiger partial charge >= 0.3 is 5.97 Å². The second-order valence-electron chi connectivity index (χ2n) is 7.75. The summed E-state index contributed by atoms with van der Waals surface area (Å²) in [6.07, 6.45) is 1.73. The maximum atomic E-state index is 13.0. The number of ether oxygens (including phenoxy) is 2. The van der Waals surface area contributed by atoms with E-state index in [2.05, 4.69) is 5.10 Å². The molecule has 1 amide bonds. The van der Waals surface area contributed by atoms with E-state index < -0.39 is 5.97 Å². The van der Waals surface area contributed by atoms with Crippen molar-refractivity contribution in [3.05, 3.63) is 94.0 Å². The number of hydrogen-bond acceptors (Lipinski definition) is 5. The van der Waals surface area contributed by atoms with Crippen LogP contribution in [-0.2, 0) is 11.4 Å². The molecule has 0 atom stereocenters. The van der Waals surface area contributed by atoms with Gasteiger partial charge in [-0.05, 0) is 67.4 Å². The molecule has 0 aliphatic carbocycles. The van der Waals surface area contributed by atoms with Crippen molar-refractivity contribution in [1.82, 2.24) is 0 Å². The third kappa shape index (κ3) is 5.36. The third-order valence-corrected chi connectivity index (χ3v) is 5.57. The number of nitrogens with zero attached hydrogens (tertiary/aromatic N) is 2. The lowest BCUT2D eigenvalue weighted by Crippen LogP contribution is -2.21. The Morgan fingerprint density at radius 1 is 1.09 bits per heavy atom. The molecule has 0 saturated carbocycles. The van der Waals surface area contributed by atoms with Gasteiger partial charge in [0.1, 0.15) is 6.61 Å². The maximum Gasteiger partial charge on any atom is 0.335 e. The number of hydrazone groups is 1. The molecule has 1 aliphatic heterocycles. The summed E-state index contributed by atoms with van der Waals surface area (Å²) in [5.74, 6) is -0.411. The van der Waals surface area contributed by atoms with Crippen molar-refractivity contribution in [3.8, 4) is 11.5 Å². The van der Waals surface area contributed by atoms with Crippen LogP contribution < -0.4 is 14.5 Å². The second-order valence-corrected chi connectivity index (χ2v) is 8.16. The molecule has 0 spiro atoms. The number of carboxylic acid groups (broad SMARTS) is 1. The van der Waals surface area contributed by atoms with E-state index in [0.717, 1.165) is 5.56 Å². The first kappa shape index (κ1) is 24.0. The predicted molar refractivity (Wildman–Crippen MR) is 135 cm³/mol. The zero-order chi connectivity index (χ0) is 24.9. The van der Waals surface area contributed by atoms with Crippen molar-refractivity contribution in [1.29, 1.82) is 0 Å². The topological polar surface area (TPSA) is 88.4 Å². The van der Waals surface area contributed by atoms with Crippen LogP contribution in [0.5, 0.6) is 11.5 Å². The zero-order valence-corrected chi connectivity index (χ0v) is 20.0. The molecule has 7 nitrogen and oxygen atoms in total. The maximum absolute atomic E-state index is 13.0. The Labute approximate surface area is 207 Å². The summed E-state index contributed by atoms with van der Waals surface area (Å²) < 4.78 is 11.7. The summed E-state index contributed by atoms with van der Waals surface area (Å²) in [6.45, 7) is 4.20. The van der Waals surface area contributed by atoms with Crippen molar-refractivity contribution in [2.24, 2.45) is 5.10 Å². The average Bonchev–Trinajstić information content (AvgIpc) is 3.13. The molecule has 0 radical (unpaired) electrons. The number of amides is 1. The molecule has 178 valence electrons. The lowest BCUT2D eigenvalue weighted by Gasteiger charge is -2.15. The van der Waals surface area contributed by atoms with Gasteiger partial charge in [0, 0.05) is 0 Å². The van der Waals surface area contributed by atoms with Crippen molar-refractivity contribution in [2.45, 2.75) is 20.5 Å². The van der Waals surface area contributed by atoms with Crippen LogP contribution in [0.15, 0.2) is 77.4 Å². The largest absolute Gasteiger partial charge is 0.490 e. The van der Waals surface area contributed by atoms with Crippen molar-refractivity contribution in [2.75, 3.05) is 11.6 Å². The molecule has 0 bridgehead atoms. The Morgan fingerprint density at radius 3 is 2.46 bits per heavy atom. The second kappa shape index (κ2) is 10.4. The molecule has 35 heavy (non-hydrogen) atoms. The van der Waals surface area contributed by atoms with Crippen LogP contribution in [0.3, 0.4) is 0 Å². The fraction of sp³-hybridized carbons (Fsp3) is 0.148. The molecule has 0 aromatic heterocycles. The fourth-order valence-electron chi connectivity index (χ4n) is 3.57. The number of carbonyl (C=O) groups is 2. The van der Waals surface area contributed by atoms with E-state index in [-0.39, 0.29) is 18.1 Å². The van der Waals surface area contributed by atoms with Gasteiger partial charge in [-0.15, -0.1) is 0 Å². The number of aromatic carboxylic acids is 1. The van der Waals surface area contributed by atoms with E-state index in [9.17, 15) is 9.59 Å². The highest BCUT2D eigenvalue weighted by molar-refractivity contribution is 6.33. The number of anilines is 1. The van der Waals surface area contributed by atoms with E-state index >= 15 is 0 Å². The van der Waals surface area contributed by atoms with E-state index in [1.54, 1.807) is 37.3 Å². The molecule has 3 aromatic rings. The van der Waals surface area contributed by atoms with Crippen molar-refractivity contribution in [3.63, 3.8) is 0 Å². The summed E-state index contributed by atoms with van der Waals surface area (Å²) in [7, 11) is 0. The molecule has 0 unspecified atom stereocenters.